The van der Waals surface area contributed by atoms with Crippen molar-refractivity contribution in [1.82, 2.24) is 0 Å². The zero-order valence-electron chi connectivity index (χ0n) is 9.97. The summed E-state index contributed by atoms with van der Waals surface area (Å²) in [6, 6.07) is 2.45. The van der Waals surface area contributed by atoms with Crippen molar-refractivity contribution in [1.29, 1.82) is 0 Å². The van der Waals surface area contributed by atoms with Crippen molar-refractivity contribution in [2.75, 3.05) is 5.32 Å². The number of benzene rings is 1. The van der Waals surface area contributed by atoms with Crippen molar-refractivity contribution in [3.8, 4) is 0 Å². The number of nitrogens with two attached hydrogens (primary N) is 1. The van der Waals surface area contributed by atoms with Crippen molar-refractivity contribution >= 4 is 46.4 Å². The lowest BCUT2D eigenvalue weighted by Crippen LogP contribution is -2.35. The summed E-state index contributed by atoms with van der Waals surface area (Å²) < 4.78 is 0. The Bertz CT molecular complexity index is 438. The molecule has 1 rings (SSSR count). The minimum Gasteiger partial charge on any atom is -0.323 e. The quantitative estimate of drug-likeness (QED) is 0.804. The zero-order chi connectivity index (χ0) is 13.7. The number of anilines is 1. The lowest BCUT2D eigenvalue weighted by atomic mass is 10.1. The maximum Gasteiger partial charge on any atom is 0.241 e. The number of rotatable bonds is 5. The predicted octanol–water partition coefficient (Wildman–Crippen LogP) is 4.10. The molecule has 0 heterocycles. The van der Waals surface area contributed by atoms with E-state index in [1.165, 1.54) is 12.1 Å². The maximum absolute atomic E-state index is 11.8. The van der Waals surface area contributed by atoms with Gasteiger partial charge in [-0.05, 0) is 18.6 Å². The fraction of sp³-hybridized carbons (Fsp3) is 0.417. The van der Waals surface area contributed by atoms with Gasteiger partial charge in [0.25, 0.3) is 0 Å². The number of carbonyl (C=O) groups is 1. The molecule has 1 aromatic carbocycles. The Labute approximate surface area is 122 Å². The number of hydrogen-bond donors (Lipinski definition) is 2. The first kappa shape index (κ1) is 15.6. The van der Waals surface area contributed by atoms with Crippen molar-refractivity contribution < 1.29 is 4.79 Å². The Morgan fingerprint density at radius 2 is 1.89 bits per heavy atom. The van der Waals surface area contributed by atoms with E-state index in [0.717, 1.165) is 12.8 Å². The van der Waals surface area contributed by atoms with Gasteiger partial charge in [0.2, 0.25) is 5.91 Å². The number of halogens is 3. The predicted molar refractivity (Wildman–Crippen MR) is 77.6 cm³/mol. The van der Waals surface area contributed by atoms with Gasteiger partial charge in [0.1, 0.15) is 0 Å². The summed E-state index contributed by atoms with van der Waals surface area (Å²) in [7, 11) is 0. The molecule has 0 radical (unpaired) electrons. The maximum atomic E-state index is 11.8. The van der Waals surface area contributed by atoms with Crippen molar-refractivity contribution in [2.45, 2.75) is 32.2 Å². The van der Waals surface area contributed by atoms with Gasteiger partial charge in [-0.25, -0.2) is 0 Å². The third-order valence-electron chi connectivity index (χ3n) is 2.47. The number of carbonyl (C=O) groups excluding carboxylic acids is 1. The fourth-order valence-corrected chi connectivity index (χ4v) is 1.99. The molecule has 3 N–H and O–H groups in total. The Hall–Kier alpha value is -0.480. The van der Waals surface area contributed by atoms with Crippen LogP contribution in [-0.4, -0.2) is 11.9 Å². The molecule has 0 fully saturated rings. The van der Waals surface area contributed by atoms with Crippen LogP contribution in [0.15, 0.2) is 12.1 Å². The molecule has 1 unspecified atom stereocenters. The van der Waals surface area contributed by atoms with E-state index in [2.05, 4.69) is 5.32 Å². The largest absolute Gasteiger partial charge is 0.323 e. The van der Waals surface area contributed by atoms with E-state index in [1.54, 1.807) is 0 Å². The third kappa shape index (κ3) is 4.32. The Balaban J connectivity index is 2.72. The van der Waals surface area contributed by atoms with Gasteiger partial charge in [0.05, 0.1) is 26.8 Å². The molecule has 0 aliphatic carbocycles. The van der Waals surface area contributed by atoms with Gasteiger partial charge in [-0.15, -0.1) is 0 Å². The molecule has 3 nitrogen and oxygen atoms in total. The van der Waals surface area contributed by atoms with Crippen LogP contribution in [0.5, 0.6) is 0 Å². The molecule has 0 spiro atoms. The molecule has 18 heavy (non-hydrogen) atoms. The highest BCUT2D eigenvalue weighted by molar-refractivity contribution is 6.44. The Kier molecular flexibility index (Phi) is 6.22. The smallest absolute Gasteiger partial charge is 0.241 e. The van der Waals surface area contributed by atoms with Crippen LogP contribution in [0.2, 0.25) is 15.1 Å². The van der Waals surface area contributed by atoms with Gasteiger partial charge < -0.3 is 11.1 Å². The highest BCUT2D eigenvalue weighted by atomic mass is 35.5. The minimum absolute atomic E-state index is 0.274. The van der Waals surface area contributed by atoms with Crippen molar-refractivity contribution in [2.24, 2.45) is 5.73 Å². The first-order chi connectivity index (χ1) is 8.45. The van der Waals surface area contributed by atoms with Gasteiger partial charge in [0.15, 0.2) is 0 Å². The Morgan fingerprint density at radius 3 is 2.50 bits per heavy atom. The zero-order valence-corrected chi connectivity index (χ0v) is 12.2. The number of amides is 1. The topological polar surface area (TPSA) is 55.1 Å². The molecular formula is C12H15Cl3N2O. The molecule has 0 aliphatic heterocycles. The van der Waals surface area contributed by atoms with Gasteiger partial charge in [-0.1, -0.05) is 54.6 Å². The van der Waals surface area contributed by atoms with E-state index in [0.29, 0.717) is 27.2 Å². The molecule has 1 amide bonds. The molecule has 1 atom stereocenters. The van der Waals surface area contributed by atoms with Crippen LogP contribution in [0.4, 0.5) is 5.69 Å². The monoisotopic (exact) mass is 308 g/mol. The van der Waals surface area contributed by atoms with Crippen LogP contribution < -0.4 is 11.1 Å². The van der Waals surface area contributed by atoms with Gasteiger partial charge >= 0.3 is 0 Å². The molecule has 1 aromatic rings. The average molecular weight is 310 g/mol. The number of unbranched alkanes of at least 4 members (excludes halogenated alkanes) is 1. The minimum atomic E-state index is -0.546. The van der Waals surface area contributed by atoms with Crippen LogP contribution in [-0.2, 0) is 4.79 Å². The van der Waals surface area contributed by atoms with Crippen LogP contribution >= 0.6 is 34.8 Å². The first-order valence-corrected chi connectivity index (χ1v) is 6.80. The molecule has 0 saturated carbocycles. The molecule has 0 bridgehead atoms. The SMILES string of the molecule is CCCCC(N)C(=O)Nc1cc(Cl)c(Cl)cc1Cl. The molecule has 0 aliphatic rings. The third-order valence-corrected chi connectivity index (χ3v) is 3.51. The van der Waals surface area contributed by atoms with Crippen molar-refractivity contribution in [3.05, 3.63) is 27.2 Å². The van der Waals surface area contributed by atoms with Crippen LogP contribution in [0.3, 0.4) is 0 Å². The normalized spacial score (nSPS) is 12.3. The second-order valence-corrected chi connectivity index (χ2v) is 5.21. The number of hydrogen-bond acceptors (Lipinski definition) is 2. The molecule has 0 aromatic heterocycles. The fourth-order valence-electron chi connectivity index (χ4n) is 1.40. The molecular weight excluding hydrogens is 295 g/mol. The second kappa shape index (κ2) is 7.19. The summed E-state index contributed by atoms with van der Waals surface area (Å²) in [5, 5.41) is 3.66. The first-order valence-electron chi connectivity index (χ1n) is 5.66. The lowest BCUT2D eigenvalue weighted by molar-refractivity contribution is -0.117. The highest BCUT2D eigenvalue weighted by Gasteiger charge is 2.15. The summed E-state index contributed by atoms with van der Waals surface area (Å²) in [4.78, 5) is 11.8. The molecule has 100 valence electrons. The van der Waals surface area contributed by atoms with Gasteiger partial charge in [-0.2, -0.15) is 0 Å². The lowest BCUT2D eigenvalue weighted by Gasteiger charge is -2.13. The summed E-state index contributed by atoms with van der Waals surface area (Å²) in [5.74, 6) is -0.274. The van der Waals surface area contributed by atoms with E-state index >= 15 is 0 Å². The van der Waals surface area contributed by atoms with E-state index in [4.69, 9.17) is 40.5 Å². The van der Waals surface area contributed by atoms with Crippen LogP contribution in [0.25, 0.3) is 0 Å². The van der Waals surface area contributed by atoms with E-state index in [9.17, 15) is 4.79 Å². The Morgan fingerprint density at radius 1 is 1.28 bits per heavy atom. The summed E-state index contributed by atoms with van der Waals surface area (Å²) >= 11 is 17.6. The van der Waals surface area contributed by atoms with Crippen LogP contribution in [0, 0.1) is 0 Å². The van der Waals surface area contributed by atoms with Crippen molar-refractivity contribution in [3.63, 3.8) is 0 Å². The summed E-state index contributed by atoms with van der Waals surface area (Å²) in [6.07, 6.45) is 2.54. The molecule has 0 saturated heterocycles. The second-order valence-electron chi connectivity index (χ2n) is 3.98. The van der Waals surface area contributed by atoms with E-state index in [1.807, 2.05) is 6.92 Å². The number of nitrogens with one attached hydrogen (secondary N) is 1. The van der Waals surface area contributed by atoms with E-state index < -0.39 is 6.04 Å². The van der Waals surface area contributed by atoms with Crippen LogP contribution in [0.1, 0.15) is 26.2 Å². The summed E-state index contributed by atoms with van der Waals surface area (Å²) in [5.41, 5.74) is 6.17. The van der Waals surface area contributed by atoms with Gasteiger partial charge in [0, 0.05) is 0 Å². The highest BCUT2D eigenvalue weighted by Crippen LogP contribution is 2.32. The summed E-state index contributed by atoms with van der Waals surface area (Å²) in [6.45, 7) is 2.04. The standard InChI is InChI=1S/C12H15Cl3N2O/c1-2-3-4-10(16)12(18)17-11-6-8(14)7(13)5-9(11)15/h5-6,10H,2-4,16H2,1H3,(H,17,18). The van der Waals surface area contributed by atoms with E-state index in [-0.39, 0.29) is 5.91 Å². The molecule has 6 heteroatoms. The average Bonchev–Trinajstić information content (AvgIpc) is 2.32. The van der Waals surface area contributed by atoms with Gasteiger partial charge in [-0.3, -0.25) is 4.79 Å².